The Morgan fingerprint density at radius 1 is 1.50 bits per heavy atom. The van der Waals surface area contributed by atoms with Gasteiger partial charge < -0.3 is 15.8 Å². The van der Waals surface area contributed by atoms with E-state index in [4.69, 9.17) is 10.5 Å². The first kappa shape index (κ1) is 12.8. The summed E-state index contributed by atoms with van der Waals surface area (Å²) in [5, 5.41) is 3.02. The molecule has 3 N–H and O–H groups in total. The number of nitrogens with two attached hydrogens (primary N) is 1. The minimum absolute atomic E-state index is 0.164. The number of ether oxygens (including phenoxy) is 1. The van der Waals surface area contributed by atoms with Crippen LogP contribution in [0, 0.1) is 0 Å². The molecular weight excluding hydrogens is 270 g/mol. The lowest BCUT2D eigenvalue weighted by Crippen LogP contribution is -2.24. The van der Waals surface area contributed by atoms with E-state index in [2.05, 4.69) is 26.2 Å². The second-order valence-corrected chi connectivity index (χ2v) is 4.43. The van der Waals surface area contributed by atoms with Crippen LogP contribution in [0.1, 0.15) is 13.8 Å². The highest BCUT2D eigenvalue weighted by Crippen LogP contribution is 2.26. The number of methoxy groups -OCH3 is 1. The summed E-state index contributed by atoms with van der Waals surface area (Å²) < 4.78 is 6.04. The fourth-order valence-corrected chi connectivity index (χ4v) is 1.52. The Hall–Kier alpha value is -1.23. The predicted molar refractivity (Wildman–Crippen MR) is 71.1 cm³/mol. The molecule has 0 fully saturated rings. The van der Waals surface area contributed by atoms with Gasteiger partial charge in [-0.15, -0.1) is 0 Å². The van der Waals surface area contributed by atoms with Gasteiger partial charge in [0.1, 0.15) is 5.75 Å². The van der Waals surface area contributed by atoms with Crippen LogP contribution < -0.4 is 15.8 Å². The minimum Gasteiger partial charge on any atom is -0.497 e. The third kappa shape index (κ3) is 3.73. The number of nitrogens with zero attached hydrogens (tertiary/aromatic N) is 1. The average molecular weight is 286 g/mol. The third-order valence-corrected chi connectivity index (χ3v) is 2.53. The molecule has 5 heteroatoms. The van der Waals surface area contributed by atoms with Gasteiger partial charge in [-0.2, -0.15) is 0 Å². The van der Waals surface area contributed by atoms with Gasteiger partial charge in [0, 0.05) is 16.6 Å². The van der Waals surface area contributed by atoms with Crippen molar-refractivity contribution in [2.45, 2.75) is 19.9 Å². The Bertz CT molecular complexity index is 391. The highest BCUT2D eigenvalue weighted by molar-refractivity contribution is 9.10. The lowest BCUT2D eigenvalue weighted by atomic mass is 10.3. The number of halogens is 1. The molecule has 0 aromatic heterocycles. The topological polar surface area (TPSA) is 59.6 Å². The second kappa shape index (κ2) is 5.75. The van der Waals surface area contributed by atoms with Crippen LogP contribution in [0.3, 0.4) is 0 Å². The highest BCUT2D eigenvalue weighted by Gasteiger charge is 2.03. The van der Waals surface area contributed by atoms with Gasteiger partial charge >= 0.3 is 0 Å². The molecule has 0 saturated carbocycles. The quantitative estimate of drug-likeness (QED) is 0.663. The zero-order chi connectivity index (χ0) is 12.1. The lowest BCUT2D eigenvalue weighted by Gasteiger charge is -2.10. The second-order valence-electron chi connectivity index (χ2n) is 3.58. The summed E-state index contributed by atoms with van der Waals surface area (Å²) in [7, 11) is 1.62. The maximum atomic E-state index is 5.74. The molecule has 16 heavy (non-hydrogen) atoms. The van der Waals surface area contributed by atoms with Gasteiger partial charge in [-0.3, -0.25) is 4.99 Å². The van der Waals surface area contributed by atoms with Crippen LogP contribution in [0.4, 0.5) is 5.69 Å². The lowest BCUT2D eigenvalue weighted by molar-refractivity contribution is 0.415. The summed E-state index contributed by atoms with van der Waals surface area (Å²) in [4.78, 5) is 4.19. The molecule has 0 saturated heterocycles. The molecule has 4 nitrogen and oxygen atoms in total. The molecule has 1 aromatic rings. The summed E-state index contributed by atoms with van der Waals surface area (Å²) in [6.45, 7) is 3.93. The minimum atomic E-state index is 0.164. The van der Waals surface area contributed by atoms with Crippen molar-refractivity contribution in [1.29, 1.82) is 0 Å². The van der Waals surface area contributed by atoms with Gasteiger partial charge in [0.25, 0.3) is 0 Å². The van der Waals surface area contributed by atoms with Crippen LogP contribution in [-0.4, -0.2) is 19.1 Å². The van der Waals surface area contributed by atoms with Gasteiger partial charge in [0.15, 0.2) is 5.96 Å². The van der Waals surface area contributed by atoms with Gasteiger partial charge in [-0.05, 0) is 41.9 Å². The normalized spacial score (nSPS) is 11.7. The van der Waals surface area contributed by atoms with Crippen LogP contribution in [0.5, 0.6) is 5.75 Å². The van der Waals surface area contributed by atoms with E-state index >= 15 is 0 Å². The van der Waals surface area contributed by atoms with E-state index in [1.54, 1.807) is 7.11 Å². The molecule has 0 spiro atoms. The van der Waals surface area contributed by atoms with E-state index in [1.807, 2.05) is 32.0 Å². The van der Waals surface area contributed by atoms with Crippen molar-refractivity contribution in [2.75, 3.05) is 12.4 Å². The molecule has 0 aliphatic heterocycles. The molecule has 0 bridgehead atoms. The Labute approximate surface area is 104 Å². The van der Waals surface area contributed by atoms with Crippen LogP contribution in [0.25, 0.3) is 0 Å². The number of aliphatic imine (C=N–C) groups is 1. The van der Waals surface area contributed by atoms with Crippen molar-refractivity contribution >= 4 is 27.6 Å². The zero-order valence-electron chi connectivity index (χ0n) is 9.62. The largest absolute Gasteiger partial charge is 0.497 e. The molecule has 0 heterocycles. The number of guanidine groups is 1. The smallest absolute Gasteiger partial charge is 0.193 e. The van der Waals surface area contributed by atoms with E-state index in [0.29, 0.717) is 5.96 Å². The van der Waals surface area contributed by atoms with Gasteiger partial charge in [0.05, 0.1) is 12.8 Å². The summed E-state index contributed by atoms with van der Waals surface area (Å²) in [6.07, 6.45) is 0. The first-order valence-electron chi connectivity index (χ1n) is 4.96. The van der Waals surface area contributed by atoms with E-state index in [-0.39, 0.29) is 6.04 Å². The molecule has 0 aliphatic carbocycles. The Morgan fingerprint density at radius 3 is 2.75 bits per heavy atom. The van der Waals surface area contributed by atoms with Crippen LogP contribution >= 0.6 is 15.9 Å². The zero-order valence-corrected chi connectivity index (χ0v) is 11.2. The monoisotopic (exact) mass is 285 g/mol. The maximum absolute atomic E-state index is 5.74. The fourth-order valence-electron chi connectivity index (χ4n) is 1.18. The van der Waals surface area contributed by atoms with Crippen molar-refractivity contribution in [2.24, 2.45) is 10.7 Å². The van der Waals surface area contributed by atoms with Gasteiger partial charge in [0.2, 0.25) is 0 Å². The van der Waals surface area contributed by atoms with E-state index in [9.17, 15) is 0 Å². The Morgan fingerprint density at radius 2 is 2.19 bits per heavy atom. The standard InChI is InChI=1S/C11H16BrN3O/c1-7(2)14-11(13)15-10-6-8(16-3)4-5-9(10)12/h4-7H,1-3H3,(H3,13,14,15). The van der Waals surface area contributed by atoms with Crippen molar-refractivity contribution in [3.8, 4) is 5.75 Å². The van der Waals surface area contributed by atoms with Crippen molar-refractivity contribution < 1.29 is 4.74 Å². The van der Waals surface area contributed by atoms with Crippen molar-refractivity contribution in [3.05, 3.63) is 22.7 Å². The molecule has 0 unspecified atom stereocenters. The summed E-state index contributed by atoms with van der Waals surface area (Å²) in [5.74, 6) is 1.16. The van der Waals surface area contributed by atoms with E-state index < -0.39 is 0 Å². The van der Waals surface area contributed by atoms with Crippen molar-refractivity contribution in [1.82, 2.24) is 0 Å². The fraction of sp³-hybridized carbons (Fsp3) is 0.364. The maximum Gasteiger partial charge on any atom is 0.193 e. The number of rotatable bonds is 3. The first-order valence-corrected chi connectivity index (χ1v) is 5.76. The van der Waals surface area contributed by atoms with Crippen LogP contribution in [-0.2, 0) is 0 Å². The van der Waals surface area contributed by atoms with E-state index in [1.165, 1.54) is 0 Å². The Balaban J connectivity index is 2.87. The van der Waals surface area contributed by atoms with Crippen molar-refractivity contribution in [3.63, 3.8) is 0 Å². The third-order valence-electron chi connectivity index (χ3n) is 1.83. The number of hydrogen-bond donors (Lipinski definition) is 2. The van der Waals surface area contributed by atoms with Crippen LogP contribution in [0.15, 0.2) is 27.7 Å². The number of nitrogens with one attached hydrogen (secondary N) is 1. The molecule has 0 atom stereocenters. The highest BCUT2D eigenvalue weighted by atomic mass is 79.9. The first-order chi connectivity index (χ1) is 7.52. The summed E-state index contributed by atoms with van der Waals surface area (Å²) in [5.41, 5.74) is 6.58. The number of anilines is 1. The summed E-state index contributed by atoms with van der Waals surface area (Å²) in [6, 6.07) is 5.78. The predicted octanol–water partition coefficient (Wildman–Crippen LogP) is 2.59. The Kier molecular flexibility index (Phi) is 4.61. The molecular formula is C11H16BrN3O. The number of benzene rings is 1. The summed E-state index contributed by atoms with van der Waals surface area (Å²) >= 11 is 3.43. The molecule has 1 aromatic carbocycles. The van der Waals surface area contributed by atoms with Gasteiger partial charge in [-0.1, -0.05) is 0 Å². The van der Waals surface area contributed by atoms with Gasteiger partial charge in [-0.25, -0.2) is 0 Å². The molecule has 88 valence electrons. The molecule has 0 radical (unpaired) electrons. The molecule has 1 rings (SSSR count). The van der Waals surface area contributed by atoms with E-state index in [0.717, 1.165) is 15.9 Å². The average Bonchev–Trinajstić information content (AvgIpc) is 2.20. The van der Waals surface area contributed by atoms with Crippen LogP contribution in [0.2, 0.25) is 0 Å². The molecule has 0 aliphatic rings. The number of hydrogen-bond acceptors (Lipinski definition) is 2. The SMILES string of the molecule is COc1ccc(Br)c(NC(N)=NC(C)C)c1. The molecule has 0 amide bonds.